The van der Waals surface area contributed by atoms with Gasteiger partial charge in [-0.3, -0.25) is 0 Å². The quantitative estimate of drug-likeness (QED) is 0.850. The SMILES string of the molecule is COc1cc(C(=O)O)c(OC)c(F)c1OC. The Kier molecular flexibility index (Phi) is 3.55. The van der Waals surface area contributed by atoms with Crippen molar-refractivity contribution in [3.63, 3.8) is 0 Å². The van der Waals surface area contributed by atoms with Crippen LogP contribution in [0.25, 0.3) is 0 Å². The average Bonchev–Trinajstić information content (AvgIpc) is 2.27. The molecule has 0 saturated heterocycles. The van der Waals surface area contributed by atoms with Gasteiger partial charge in [0.25, 0.3) is 0 Å². The lowest BCUT2D eigenvalue weighted by atomic mass is 10.1. The average molecular weight is 230 g/mol. The number of rotatable bonds is 4. The van der Waals surface area contributed by atoms with Gasteiger partial charge in [0, 0.05) is 6.07 Å². The van der Waals surface area contributed by atoms with Gasteiger partial charge in [0.15, 0.2) is 11.5 Å². The molecule has 0 bridgehead atoms. The second kappa shape index (κ2) is 4.69. The van der Waals surface area contributed by atoms with Gasteiger partial charge in [0.05, 0.1) is 21.3 Å². The first-order valence-corrected chi connectivity index (χ1v) is 4.28. The topological polar surface area (TPSA) is 65.0 Å². The molecular formula is C10H11FO5. The molecule has 0 aliphatic rings. The first kappa shape index (κ1) is 12.1. The molecule has 1 N–H and O–H groups in total. The highest BCUT2D eigenvalue weighted by molar-refractivity contribution is 5.92. The fourth-order valence-electron chi connectivity index (χ4n) is 1.29. The van der Waals surface area contributed by atoms with Gasteiger partial charge in [-0.2, -0.15) is 4.39 Å². The fraction of sp³-hybridized carbons (Fsp3) is 0.300. The zero-order chi connectivity index (χ0) is 12.3. The van der Waals surface area contributed by atoms with Crippen molar-refractivity contribution in [1.29, 1.82) is 0 Å². The molecule has 0 aliphatic heterocycles. The lowest BCUT2D eigenvalue weighted by Gasteiger charge is -2.13. The van der Waals surface area contributed by atoms with E-state index in [9.17, 15) is 9.18 Å². The molecule has 0 radical (unpaired) electrons. The fourth-order valence-corrected chi connectivity index (χ4v) is 1.29. The number of hydrogen-bond acceptors (Lipinski definition) is 4. The number of hydrogen-bond donors (Lipinski definition) is 1. The molecular weight excluding hydrogens is 219 g/mol. The van der Waals surface area contributed by atoms with Crippen LogP contribution in [0.3, 0.4) is 0 Å². The Morgan fingerprint density at radius 2 is 1.75 bits per heavy atom. The third-order valence-electron chi connectivity index (χ3n) is 2.00. The smallest absolute Gasteiger partial charge is 0.339 e. The third kappa shape index (κ3) is 1.86. The number of carboxylic acid groups (broad SMARTS) is 1. The number of methoxy groups -OCH3 is 3. The highest BCUT2D eigenvalue weighted by atomic mass is 19.1. The van der Waals surface area contributed by atoms with Gasteiger partial charge in [0.1, 0.15) is 5.56 Å². The molecule has 0 heterocycles. The summed E-state index contributed by atoms with van der Waals surface area (Å²) in [7, 11) is 3.72. The Balaban J connectivity index is 3.54. The van der Waals surface area contributed by atoms with Crippen LogP contribution in [0, 0.1) is 5.82 Å². The molecule has 5 nitrogen and oxygen atoms in total. The van der Waals surface area contributed by atoms with E-state index in [0.717, 1.165) is 6.07 Å². The van der Waals surface area contributed by atoms with E-state index in [4.69, 9.17) is 14.6 Å². The van der Waals surface area contributed by atoms with Gasteiger partial charge in [-0.25, -0.2) is 4.79 Å². The second-order valence-corrected chi connectivity index (χ2v) is 2.81. The maximum atomic E-state index is 13.7. The lowest BCUT2D eigenvalue weighted by molar-refractivity contribution is 0.0691. The Morgan fingerprint density at radius 1 is 1.19 bits per heavy atom. The van der Waals surface area contributed by atoms with Crippen molar-refractivity contribution in [2.45, 2.75) is 0 Å². The predicted molar refractivity (Wildman–Crippen MR) is 53.0 cm³/mol. The minimum absolute atomic E-state index is 0.00167. The summed E-state index contributed by atoms with van der Waals surface area (Å²) in [6, 6.07) is 1.14. The monoisotopic (exact) mass is 230 g/mol. The standard InChI is InChI=1S/C10H11FO5/c1-14-6-4-5(10(12)13)8(15-2)7(11)9(6)16-3/h4H,1-3H3,(H,12,13). The van der Waals surface area contributed by atoms with Crippen molar-refractivity contribution in [2.75, 3.05) is 21.3 Å². The largest absolute Gasteiger partial charge is 0.493 e. The number of ether oxygens (including phenoxy) is 3. The van der Waals surface area contributed by atoms with Gasteiger partial charge < -0.3 is 19.3 Å². The van der Waals surface area contributed by atoms with Crippen LogP contribution in [0.15, 0.2) is 6.07 Å². The predicted octanol–water partition coefficient (Wildman–Crippen LogP) is 1.55. The first-order valence-electron chi connectivity index (χ1n) is 4.28. The molecule has 1 aromatic rings. The molecule has 88 valence electrons. The van der Waals surface area contributed by atoms with Gasteiger partial charge >= 0.3 is 5.97 Å². The van der Waals surface area contributed by atoms with Crippen LogP contribution in [-0.2, 0) is 0 Å². The van der Waals surface area contributed by atoms with Crippen molar-refractivity contribution in [3.05, 3.63) is 17.4 Å². The number of aromatic carboxylic acids is 1. The number of benzene rings is 1. The van der Waals surface area contributed by atoms with Crippen LogP contribution < -0.4 is 14.2 Å². The Bertz CT molecular complexity index is 416. The van der Waals surface area contributed by atoms with Gasteiger partial charge in [-0.15, -0.1) is 0 Å². The molecule has 6 heteroatoms. The molecule has 0 saturated carbocycles. The van der Waals surface area contributed by atoms with E-state index in [0.29, 0.717) is 0 Å². The molecule has 0 aromatic heterocycles. The normalized spacial score (nSPS) is 9.75. The maximum Gasteiger partial charge on any atom is 0.339 e. The third-order valence-corrected chi connectivity index (χ3v) is 2.00. The van der Waals surface area contributed by atoms with Crippen molar-refractivity contribution in [2.24, 2.45) is 0 Å². The van der Waals surface area contributed by atoms with Crippen molar-refractivity contribution in [3.8, 4) is 17.2 Å². The molecule has 0 amide bonds. The Labute approximate surface area is 91.4 Å². The summed E-state index contributed by atoms with van der Waals surface area (Å²) in [5, 5.41) is 8.86. The van der Waals surface area contributed by atoms with E-state index in [1.165, 1.54) is 21.3 Å². The van der Waals surface area contributed by atoms with Gasteiger partial charge in [-0.1, -0.05) is 0 Å². The minimum atomic E-state index is -1.31. The molecule has 1 aromatic carbocycles. The van der Waals surface area contributed by atoms with Crippen molar-refractivity contribution >= 4 is 5.97 Å². The lowest BCUT2D eigenvalue weighted by Crippen LogP contribution is -2.05. The van der Waals surface area contributed by atoms with E-state index in [-0.39, 0.29) is 22.8 Å². The summed E-state index contributed by atoms with van der Waals surface area (Å²) in [4.78, 5) is 10.9. The van der Waals surface area contributed by atoms with Gasteiger partial charge in [0.2, 0.25) is 11.6 Å². The Morgan fingerprint density at radius 3 is 2.12 bits per heavy atom. The molecule has 16 heavy (non-hydrogen) atoms. The summed E-state index contributed by atoms with van der Waals surface area (Å²) in [5.74, 6) is -2.79. The van der Waals surface area contributed by atoms with Crippen LogP contribution in [0.4, 0.5) is 4.39 Å². The highest BCUT2D eigenvalue weighted by Crippen LogP contribution is 2.38. The second-order valence-electron chi connectivity index (χ2n) is 2.81. The maximum absolute atomic E-state index is 13.7. The van der Waals surface area contributed by atoms with Crippen LogP contribution in [0.2, 0.25) is 0 Å². The van der Waals surface area contributed by atoms with Crippen LogP contribution in [0.1, 0.15) is 10.4 Å². The molecule has 0 aliphatic carbocycles. The summed E-state index contributed by atoms with van der Waals surface area (Å²) in [6.45, 7) is 0. The summed E-state index contributed by atoms with van der Waals surface area (Å²) in [5.41, 5.74) is -0.322. The molecule has 1 rings (SSSR count). The number of carbonyl (C=O) groups is 1. The van der Waals surface area contributed by atoms with E-state index in [1.807, 2.05) is 0 Å². The molecule has 0 spiro atoms. The van der Waals surface area contributed by atoms with E-state index in [2.05, 4.69) is 4.74 Å². The van der Waals surface area contributed by atoms with Crippen LogP contribution >= 0.6 is 0 Å². The summed E-state index contributed by atoms with van der Waals surface area (Å²) < 4.78 is 28.0. The highest BCUT2D eigenvalue weighted by Gasteiger charge is 2.23. The van der Waals surface area contributed by atoms with Crippen LogP contribution in [-0.4, -0.2) is 32.4 Å². The summed E-state index contributed by atoms with van der Waals surface area (Å²) in [6.07, 6.45) is 0. The molecule has 0 unspecified atom stereocenters. The Hall–Kier alpha value is -1.98. The number of halogens is 1. The van der Waals surface area contributed by atoms with Crippen molar-refractivity contribution in [1.82, 2.24) is 0 Å². The zero-order valence-electron chi connectivity index (χ0n) is 9.04. The van der Waals surface area contributed by atoms with E-state index >= 15 is 0 Å². The van der Waals surface area contributed by atoms with E-state index in [1.54, 1.807) is 0 Å². The molecule has 0 atom stereocenters. The van der Waals surface area contributed by atoms with Crippen molar-refractivity contribution < 1.29 is 28.5 Å². The minimum Gasteiger partial charge on any atom is -0.493 e. The zero-order valence-corrected chi connectivity index (χ0v) is 9.04. The number of carboxylic acids is 1. The van der Waals surface area contributed by atoms with E-state index < -0.39 is 11.8 Å². The van der Waals surface area contributed by atoms with Crippen LogP contribution in [0.5, 0.6) is 17.2 Å². The van der Waals surface area contributed by atoms with Gasteiger partial charge in [-0.05, 0) is 0 Å². The molecule has 0 fully saturated rings. The summed E-state index contributed by atoms with van der Waals surface area (Å²) >= 11 is 0. The first-order chi connectivity index (χ1) is 7.56.